The molecule has 1 aromatic rings. The molecular formula is C14H20N2O3. The number of amides is 2. The van der Waals surface area contributed by atoms with Crippen LogP contribution < -0.4 is 4.74 Å². The van der Waals surface area contributed by atoms with Crippen molar-refractivity contribution in [3.8, 4) is 5.75 Å². The SMILES string of the molecule is COc1ccc(C2CN(CCCO)C(=O)N2C)cc1. The molecule has 1 N–H and O–H groups in total. The van der Waals surface area contributed by atoms with Gasteiger partial charge < -0.3 is 19.6 Å². The summed E-state index contributed by atoms with van der Waals surface area (Å²) in [5, 5.41) is 8.85. The summed E-state index contributed by atoms with van der Waals surface area (Å²) in [5.41, 5.74) is 1.10. The second kappa shape index (κ2) is 5.93. The summed E-state index contributed by atoms with van der Waals surface area (Å²) >= 11 is 0. The van der Waals surface area contributed by atoms with Crippen LogP contribution in [0.2, 0.25) is 0 Å². The van der Waals surface area contributed by atoms with Crippen molar-refractivity contribution in [2.24, 2.45) is 0 Å². The number of rotatable bonds is 5. The summed E-state index contributed by atoms with van der Waals surface area (Å²) < 4.78 is 5.14. The predicted octanol–water partition coefficient (Wildman–Crippen LogP) is 1.49. The fraction of sp³-hybridized carbons (Fsp3) is 0.500. The van der Waals surface area contributed by atoms with E-state index in [-0.39, 0.29) is 18.7 Å². The zero-order valence-corrected chi connectivity index (χ0v) is 11.4. The van der Waals surface area contributed by atoms with Gasteiger partial charge in [-0.15, -0.1) is 0 Å². The number of hydrogen-bond acceptors (Lipinski definition) is 3. The van der Waals surface area contributed by atoms with Crippen molar-refractivity contribution in [1.82, 2.24) is 9.80 Å². The number of carbonyl (C=O) groups is 1. The topological polar surface area (TPSA) is 53.0 Å². The van der Waals surface area contributed by atoms with Gasteiger partial charge >= 0.3 is 6.03 Å². The van der Waals surface area contributed by atoms with Crippen LogP contribution in [0.3, 0.4) is 0 Å². The van der Waals surface area contributed by atoms with Crippen LogP contribution in [0.15, 0.2) is 24.3 Å². The first-order chi connectivity index (χ1) is 9.17. The summed E-state index contributed by atoms with van der Waals surface area (Å²) in [5.74, 6) is 0.813. The van der Waals surface area contributed by atoms with Crippen LogP contribution in [-0.2, 0) is 0 Å². The molecular weight excluding hydrogens is 244 g/mol. The van der Waals surface area contributed by atoms with Crippen LogP contribution in [0, 0.1) is 0 Å². The number of hydrogen-bond donors (Lipinski definition) is 1. The summed E-state index contributed by atoms with van der Waals surface area (Å²) in [6, 6.07) is 7.88. The Kier molecular flexibility index (Phi) is 4.27. The maximum atomic E-state index is 12.1. The summed E-state index contributed by atoms with van der Waals surface area (Å²) in [4.78, 5) is 15.6. The first kappa shape index (κ1) is 13.7. The molecule has 2 amide bonds. The number of benzene rings is 1. The van der Waals surface area contributed by atoms with E-state index in [0.29, 0.717) is 19.5 Å². The van der Waals surface area contributed by atoms with Crippen molar-refractivity contribution in [3.63, 3.8) is 0 Å². The lowest BCUT2D eigenvalue weighted by atomic mass is 10.1. The molecule has 1 aliphatic heterocycles. The van der Waals surface area contributed by atoms with Gasteiger partial charge in [0.1, 0.15) is 5.75 Å². The van der Waals surface area contributed by atoms with Gasteiger partial charge in [-0.2, -0.15) is 0 Å². The quantitative estimate of drug-likeness (QED) is 0.876. The Morgan fingerprint density at radius 2 is 2.05 bits per heavy atom. The molecule has 1 heterocycles. The maximum absolute atomic E-state index is 12.1. The Bertz CT molecular complexity index is 433. The molecule has 0 spiro atoms. The van der Waals surface area contributed by atoms with E-state index in [0.717, 1.165) is 11.3 Å². The minimum Gasteiger partial charge on any atom is -0.497 e. The zero-order valence-electron chi connectivity index (χ0n) is 11.4. The Morgan fingerprint density at radius 3 is 2.63 bits per heavy atom. The highest BCUT2D eigenvalue weighted by atomic mass is 16.5. The number of aliphatic hydroxyl groups is 1. The van der Waals surface area contributed by atoms with E-state index in [9.17, 15) is 4.79 Å². The smallest absolute Gasteiger partial charge is 0.320 e. The van der Waals surface area contributed by atoms with E-state index >= 15 is 0 Å². The average Bonchev–Trinajstić information content (AvgIpc) is 2.73. The highest BCUT2D eigenvalue weighted by Gasteiger charge is 2.34. The van der Waals surface area contributed by atoms with Crippen LogP contribution in [0.25, 0.3) is 0 Å². The average molecular weight is 264 g/mol. The number of likely N-dealkylation sites (N-methyl/N-ethyl adjacent to an activating group) is 1. The Morgan fingerprint density at radius 1 is 1.37 bits per heavy atom. The monoisotopic (exact) mass is 264 g/mol. The largest absolute Gasteiger partial charge is 0.497 e. The zero-order chi connectivity index (χ0) is 13.8. The molecule has 0 aromatic heterocycles. The van der Waals surface area contributed by atoms with Gasteiger partial charge in [0.2, 0.25) is 0 Å². The standard InChI is InChI=1S/C14H20N2O3/c1-15-13(10-16(14(15)18)8-3-9-17)11-4-6-12(19-2)7-5-11/h4-7,13,17H,3,8-10H2,1-2H3. The molecule has 5 heteroatoms. The number of ether oxygens (including phenoxy) is 1. The number of methoxy groups -OCH3 is 1. The fourth-order valence-corrected chi connectivity index (χ4v) is 2.37. The van der Waals surface area contributed by atoms with Crippen molar-refractivity contribution in [3.05, 3.63) is 29.8 Å². The van der Waals surface area contributed by atoms with E-state index in [1.54, 1.807) is 16.9 Å². The first-order valence-electron chi connectivity index (χ1n) is 6.44. The maximum Gasteiger partial charge on any atom is 0.320 e. The van der Waals surface area contributed by atoms with Gasteiger partial charge in [0.15, 0.2) is 0 Å². The van der Waals surface area contributed by atoms with E-state index < -0.39 is 0 Å². The van der Waals surface area contributed by atoms with E-state index in [4.69, 9.17) is 9.84 Å². The van der Waals surface area contributed by atoms with Gasteiger partial charge in [0.05, 0.1) is 13.2 Å². The number of nitrogens with zero attached hydrogens (tertiary/aromatic N) is 2. The van der Waals surface area contributed by atoms with Gasteiger partial charge in [-0.25, -0.2) is 4.79 Å². The fourth-order valence-electron chi connectivity index (χ4n) is 2.37. The molecule has 2 rings (SSSR count). The molecule has 1 fully saturated rings. The van der Waals surface area contributed by atoms with Crippen LogP contribution in [-0.4, -0.2) is 54.8 Å². The molecule has 1 saturated heterocycles. The second-order valence-corrected chi connectivity index (χ2v) is 4.71. The third kappa shape index (κ3) is 2.81. The van der Waals surface area contributed by atoms with E-state index in [1.165, 1.54) is 0 Å². The van der Waals surface area contributed by atoms with Gasteiger partial charge in [0, 0.05) is 26.7 Å². The van der Waals surface area contributed by atoms with Crippen LogP contribution in [0.5, 0.6) is 5.75 Å². The lowest BCUT2D eigenvalue weighted by Crippen LogP contribution is -2.30. The number of urea groups is 1. The Hall–Kier alpha value is -1.75. The third-order valence-corrected chi connectivity index (χ3v) is 3.52. The third-order valence-electron chi connectivity index (χ3n) is 3.52. The van der Waals surface area contributed by atoms with Crippen molar-refractivity contribution in [2.45, 2.75) is 12.5 Å². The molecule has 19 heavy (non-hydrogen) atoms. The van der Waals surface area contributed by atoms with Gasteiger partial charge in [-0.3, -0.25) is 0 Å². The molecule has 0 saturated carbocycles. The number of carbonyl (C=O) groups excluding carboxylic acids is 1. The normalized spacial score (nSPS) is 19.1. The Balaban J connectivity index is 2.09. The molecule has 1 aliphatic rings. The molecule has 5 nitrogen and oxygen atoms in total. The van der Waals surface area contributed by atoms with Crippen molar-refractivity contribution >= 4 is 6.03 Å². The molecule has 1 atom stereocenters. The highest BCUT2D eigenvalue weighted by molar-refractivity contribution is 5.77. The molecule has 0 aliphatic carbocycles. The van der Waals surface area contributed by atoms with Crippen LogP contribution in [0.4, 0.5) is 4.79 Å². The highest BCUT2D eigenvalue weighted by Crippen LogP contribution is 2.29. The summed E-state index contributed by atoms with van der Waals surface area (Å²) in [6.45, 7) is 1.38. The Labute approximate surface area is 113 Å². The predicted molar refractivity (Wildman–Crippen MR) is 72.2 cm³/mol. The molecule has 1 unspecified atom stereocenters. The van der Waals surface area contributed by atoms with Crippen molar-refractivity contribution in [1.29, 1.82) is 0 Å². The summed E-state index contributed by atoms with van der Waals surface area (Å²) in [6.07, 6.45) is 0.620. The van der Waals surface area contributed by atoms with Crippen molar-refractivity contribution in [2.75, 3.05) is 33.9 Å². The lowest BCUT2D eigenvalue weighted by Gasteiger charge is -2.18. The molecule has 0 bridgehead atoms. The minimum atomic E-state index is 0.0225. The van der Waals surface area contributed by atoms with E-state index in [1.807, 2.05) is 31.3 Å². The molecule has 0 radical (unpaired) electrons. The van der Waals surface area contributed by atoms with Crippen LogP contribution in [0.1, 0.15) is 18.0 Å². The van der Waals surface area contributed by atoms with Gasteiger partial charge in [0.25, 0.3) is 0 Å². The van der Waals surface area contributed by atoms with E-state index in [2.05, 4.69) is 0 Å². The number of aliphatic hydroxyl groups excluding tert-OH is 1. The molecule has 1 aromatic carbocycles. The van der Waals surface area contributed by atoms with Gasteiger partial charge in [-0.05, 0) is 24.1 Å². The second-order valence-electron chi connectivity index (χ2n) is 4.71. The lowest BCUT2D eigenvalue weighted by molar-refractivity contribution is 0.191. The first-order valence-corrected chi connectivity index (χ1v) is 6.44. The van der Waals surface area contributed by atoms with Crippen LogP contribution >= 0.6 is 0 Å². The minimum absolute atomic E-state index is 0.0225. The van der Waals surface area contributed by atoms with Crippen molar-refractivity contribution < 1.29 is 14.6 Å². The molecule has 104 valence electrons. The van der Waals surface area contributed by atoms with Gasteiger partial charge in [-0.1, -0.05) is 12.1 Å². The summed E-state index contributed by atoms with van der Waals surface area (Å²) in [7, 11) is 3.45.